The standard InChI is InChI=1S/C27H45N11O13/c1-12(34-17(40)5-28)23(47)29-6-18(41)35-14(3)25(49)31-9-21(44)38-16(11-39)27(51)32-8-20(43)36-13(2)24(48)30-7-19(42)37-15(4)26(50)33-10-22(45)46/h12-16,39H,5-11,28H2,1-4H3,(H,29,47)(H,30,48)(H,31,49)(H,32,51)(H,33,50)(H,34,40)(H,35,41)(H,36,43)(H,37,42)(H,38,44)(H,45,46)/t12-,13-,14-,15-,16-/m0/s1. The molecule has 14 N–H and O–H groups in total. The molecule has 24 nitrogen and oxygen atoms in total. The maximum atomic E-state index is 12.4. The highest BCUT2D eigenvalue weighted by Crippen LogP contribution is 1.89. The average Bonchev–Trinajstić information content (AvgIpc) is 3.07. The van der Waals surface area contributed by atoms with Crippen molar-refractivity contribution in [2.45, 2.75) is 57.9 Å². The molecule has 0 saturated heterocycles. The molecule has 10 amide bonds. The van der Waals surface area contributed by atoms with Crippen LogP contribution in [0.4, 0.5) is 0 Å². The number of aliphatic hydroxyl groups is 1. The van der Waals surface area contributed by atoms with Crippen molar-refractivity contribution in [2.75, 3.05) is 45.9 Å². The van der Waals surface area contributed by atoms with Crippen LogP contribution in [0.3, 0.4) is 0 Å². The molecular formula is C27H45N11O13. The highest BCUT2D eigenvalue weighted by molar-refractivity contribution is 5.96. The van der Waals surface area contributed by atoms with E-state index in [1.807, 2.05) is 0 Å². The SMILES string of the molecule is C[C@H](NC(=O)CN)C(=O)NCC(=O)N[C@@H](C)C(=O)NCC(=O)N[C@@H](CO)C(=O)NCC(=O)N[C@@H](C)C(=O)NCC(=O)N[C@@H](C)C(=O)NCC(=O)O. The molecule has 0 spiro atoms. The Morgan fingerprint density at radius 1 is 0.451 bits per heavy atom. The van der Waals surface area contributed by atoms with Crippen LogP contribution in [0.25, 0.3) is 0 Å². The third-order valence-electron chi connectivity index (χ3n) is 6.21. The average molecular weight is 732 g/mol. The van der Waals surface area contributed by atoms with Crippen molar-refractivity contribution >= 4 is 65.0 Å². The maximum absolute atomic E-state index is 12.4. The van der Waals surface area contributed by atoms with Crippen LogP contribution in [0.5, 0.6) is 0 Å². The first-order valence-corrected chi connectivity index (χ1v) is 15.2. The van der Waals surface area contributed by atoms with Crippen LogP contribution in [0.15, 0.2) is 0 Å². The van der Waals surface area contributed by atoms with Crippen molar-refractivity contribution in [3.8, 4) is 0 Å². The monoisotopic (exact) mass is 731 g/mol. The lowest BCUT2D eigenvalue weighted by molar-refractivity contribution is -0.138. The van der Waals surface area contributed by atoms with Crippen molar-refractivity contribution in [3.05, 3.63) is 0 Å². The summed E-state index contributed by atoms with van der Waals surface area (Å²) in [6.45, 7) is 0.819. The minimum atomic E-state index is -1.55. The second kappa shape index (κ2) is 23.4. The number of aliphatic carboxylic acids is 1. The molecule has 0 unspecified atom stereocenters. The van der Waals surface area contributed by atoms with E-state index in [2.05, 4.69) is 53.2 Å². The highest BCUT2D eigenvalue weighted by atomic mass is 16.4. The zero-order valence-corrected chi connectivity index (χ0v) is 28.3. The quantitative estimate of drug-likeness (QED) is 0.0492. The van der Waals surface area contributed by atoms with Gasteiger partial charge >= 0.3 is 5.97 Å². The second-order valence-corrected chi connectivity index (χ2v) is 10.6. The lowest BCUT2D eigenvalue weighted by Gasteiger charge is -2.18. The third-order valence-corrected chi connectivity index (χ3v) is 6.21. The second-order valence-electron chi connectivity index (χ2n) is 10.6. The van der Waals surface area contributed by atoms with Gasteiger partial charge in [0, 0.05) is 0 Å². The number of rotatable bonds is 22. The predicted molar refractivity (Wildman–Crippen MR) is 171 cm³/mol. The summed E-state index contributed by atoms with van der Waals surface area (Å²) in [5.41, 5.74) is 5.15. The topological polar surface area (TPSA) is 375 Å². The molecule has 51 heavy (non-hydrogen) atoms. The Balaban J connectivity index is 4.55. The summed E-state index contributed by atoms with van der Waals surface area (Å²) >= 11 is 0. The van der Waals surface area contributed by atoms with Gasteiger partial charge in [0.25, 0.3) is 0 Å². The molecule has 286 valence electrons. The molecule has 5 atom stereocenters. The molecular weight excluding hydrogens is 686 g/mol. The maximum Gasteiger partial charge on any atom is 0.322 e. The van der Waals surface area contributed by atoms with Crippen LogP contribution in [-0.4, -0.2) is 151 Å². The number of hydrogen-bond donors (Lipinski definition) is 13. The first-order valence-electron chi connectivity index (χ1n) is 15.2. The lowest BCUT2D eigenvalue weighted by Crippen LogP contribution is -2.55. The Morgan fingerprint density at radius 3 is 1.02 bits per heavy atom. The van der Waals surface area contributed by atoms with E-state index in [-0.39, 0.29) is 6.54 Å². The van der Waals surface area contributed by atoms with Gasteiger partial charge in [-0.1, -0.05) is 0 Å². The van der Waals surface area contributed by atoms with Crippen LogP contribution in [0, 0.1) is 0 Å². The largest absolute Gasteiger partial charge is 0.480 e. The fourth-order valence-electron chi connectivity index (χ4n) is 3.45. The molecule has 0 aliphatic rings. The molecule has 0 fully saturated rings. The summed E-state index contributed by atoms with van der Waals surface area (Å²) in [5, 5.41) is 40.1. The van der Waals surface area contributed by atoms with E-state index < -0.39 is 135 Å². The minimum Gasteiger partial charge on any atom is -0.480 e. The molecule has 0 aliphatic carbocycles. The van der Waals surface area contributed by atoms with Gasteiger partial charge < -0.3 is 69.1 Å². The molecule has 0 heterocycles. The zero-order chi connectivity index (χ0) is 39.3. The lowest BCUT2D eigenvalue weighted by atomic mass is 10.2. The number of carbonyl (C=O) groups excluding carboxylic acids is 10. The Morgan fingerprint density at radius 2 is 0.725 bits per heavy atom. The van der Waals surface area contributed by atoms with Crippen molar-refractivity contribution in [3.63, 3.8) is 0 Å². The number of hydrogen-bond acceptors (Lipinski definition) is 13. The van der Waals surface area contributed by atoms with E-state index in [9.17, 15) is 57.8 Å². The number of carboxylic acid groups (broad SMARTS) is 1. The first kappa shape index (κ1) is 45.1. The van der Waals surface area contributed by atoms with Gasteiger partial charge in [0.05, 0.1) is 39.3 Å². The molecule has 0 radical (unpaired) electrons. The van der Waals surface area contributed by atoms with Crippen molar-refractivity contribution in [1.82, 2.24) is 53.2 Å². The summed E-state index contributed by atoms with van der Waals surface area (Å²) < 4.78 is 0. The van der Waals surface area contributed by atoms with Crippen LogP contribution in [0.2, 0.25) is 0 Å². The number of aliphatic hydroxyl groups excluding tert-OH is 1. The smallest absolute Gasteiger partial charge is 0.322 e. The van der Waals surface area contributed by atoms with Gasteiger partial charge in [-0.15, -0.1) is 0 Å². The van der Waals surface area contributed by atoms with Gasteiger partial charge in [-0.2, -0.15) is 0 Å². The molecule has 0 rings (SSSR count). The number of nitrogens with two attached hydrogens (primary N) is 1. The number of nitrogens with one attached hydrogen (secondary N) is 10. The highest BCUT2D eigenvalue weighted by Gasteiger charge is 2.24. The minimum absolute atomic E-state index is 0.335. The number of carboxylic acids is 1. The van der Waals surface area contributed by atoms with Crippen LogP contribution in [-0.2, 0) is 52.7 Å². The van der Waals surface area contributed by atoms with Crippen LogP contribution in [0.1, 0.15) is 27.7 Å². The number of amides is 10. The molecule has 0 aromatic carbocycles. The van der Waals surface area contributed by atoms with E-state index in [1.165, 1.54) is 27.7 Å². The van der Waals surface area contributed by atoms with E-state index in [1.54, 1.807) is 0 Å². The summed E-state index contributed by atoms with van der Waals surface area (Å²) in [5.74, 6) is -9.28. The Kier molecular flexibility index (Phi) is 20.7. The summed E-state index contributed by atoms with van der Waals surface area (Å²) in [7, 11) is 0. The fourth-order valence-corrected chi connectivity index (χ4v) is 3.45. The van der Waals surface area contributed by atoms with E-state index >= 15 is 0 Å². The zero-order valence-electron chi connectivity index (χ0n) is 28.3. The Hall–Kier alpha value is -5.91. The number of carbonyl (C=O) groups is 11. The van der Waals surface area contributed by atoms with Gasteiger partial charge in [-0.3, -0.25) is 52.7 Å². The van der Waals surface area contributed by atoms with E-state index in [0.717, 1.165) is 0 Å². The van der Waals surface area contributed by atoms with Crippen LogP contribution < -0.4 is 58.9 Å². The first-order chi connectivity index (χ1) is 23.8. The Bertz CT molecular complexity index is 1330. The van der Waals surface area contributed by atoms with E-state index in [4.69, 9.17) is 10.8 Å². The van der Waals surface area contributed by atoms with Crippen molar-refractivity contribution < 1.29 is 63.0 Å². The van der Waals surface area contributed by atoms with Gasteiger partial charge in [-0.25, -0.2) is 0 Å². The van der Waals surface area contributed by atoms with Crippen molar-refractivity contribution in [1.29, 1.82) is 0 Å². The Labute approximate surface area is 290 Å². The summed E-state index contributed by atoms with van der Waals surface area (Å²) in [6.07, 6.45) is 0. The molecule has 0 aromatic rings. The van der Waals surface area contributed by atoms with Crippen molar-refractivity contribution in [2.24, 2.45) is 5.73 Å². The predicted octanol–water partition coefficient (Wildman–Crippen LogP) is -8.89. The third kappa shape index (κ3) is 19.6. The van der Waals surface area contributed by atoms with Gasteiger partial charge in [-0.05, 0) is 27.7 Å². The van der Waals surface area contributed by atoms with E-state index in [0.29, 0.717) is 0 Å². The van der Waals surface area contributed by atoms with Gasteiger partial charge in [0.15, 0.2) is 0 Å². The van der Waals surface area contributed by atoms with Crippen LogP contribution >= 0.6 is 0 Å². The van der Waals surface area contributed by atoms with Gasteiger partial charge in [0.1, 0.15) is 36.8 Å². The fraction of sp³-hybridized carbons (Fsp3) is 0.593. The summed E-state index contributed by atoms with van der Waals surface area (Å²) in [4.78, 5) is 131. The summed E-state index contributed by atoms with van der Waals surface area (Å²) in [6, 6.07) is -5.98. The van der Waals surface area contributed by atoms with Gasteiger partial charge in [0.2, 0.25) is 59.1 Å². The molecule has 24 heteroatoms. The molecule has 0 aromatic heterocycles. The molecule has 0 bridgehead atoms. The molecule has 0 saturated carbocycles. The normalized spacial score (nSPS) is 13.2. The molecule has 0 aliphatic heterocycles.